The lowest BCUT2D eigenvalue weighted by Crippen LogP contribution is -2.20. The van der Waals surface area contributed by atoms with Gasteiger partial charge in [-0.1, -0.05) is 12.1 Å². The summed E-state index contributed by atoms with van der Waals surface area (Å²) in [5.74, 6) is 0.763. The van der Waals surface area contributed by atoms with E-state index < -0.39 is 6.10 Å². The molecule has 0 spiro atoms. The zero-order valence-corrected chi connectivity index (χ0v) is 13.0. The van der Waals surface area contributed by atoms with Crippen molar-refractivity contribution in [1.29, 1.82) is 0 Å². The van der Waals surface area contributed by atoms with Gasteiger partial charge in [0.15, 0.2) is 0 Å². The van der Waals surface area contributed by atoms with E-state index in [1.54, 1.807) is 18.4 Å². The smallest absolute Gasteiger partial charge is 0.119 e. The van der Waals surface area contributed by atoms with E-state index in [1.807, 2.05) is 24.3 Å². The third kappa shape index (κ3) is 4.31. The Labute approximate surface area is 125 Å². The highest BCUT2D eigenvalue weighted by molar-refractivity contribution is 9.10. The van der Waals surface area contributed by atoms with Crippen LogP contribution >= 0.6 is 27.3 Å². The van der Waals surface area contributed by atoms with Crippen molar-refractivity contribution in [3.8, 4) is 5.75 Å². The monoisotopic (exact) mass is 341 g/mol. The summed E-state index contributed by atoms with van der Waals surface area (Å²) in [4.78, 5) is 1.24. The molecule has 0 aliphatic rings. The molecule has 0 radical (unpaired) electrons. The molecular weight excluding hydrogens is 326 g/mol. The van der Waals surface area contributed by atoms with Crippen molar-refractivity contribution in [3.63, 3.8) is 0 Å². The fraction of sp³-hybridized carbons (Fsp3) is 0.286. The molecule has 1 atom stereocenters. The number of aliphatic hydroxyl groups excluding tert-OH is 1. The second kappa shape index (κ2) is 7.05. The van der Waals surface area contributed by atoms with Crippen LogP contribution in [0.5, 0.6) is 5.75 Å². The van der Waals surface area contributed by atoms with Crippen LogP contribution in [0.4, 0.5) is 0 Å². The van der Waals surface area contributed by atoms with Crippen molar-refractivity contribution >= 4 is 27.3 Å². The van der Waals surface area contributed by atoms with Gasteiger partial charge in [-0.15, -0.1) is 11.3 Å². The minimum absolute atomic E-state index is 0.517. The molecule has 1 heterocycles. The van der Waals surface area contributed by atoms with Gasteiger partial charge in [-0.05, 0) is 39.7 Å². The summed E-state index contributed by atoms with van der Waals surface area (Å²) in [5, 5.41) is 15.4. The van der Waals surface area contributed by atoms with Gasteiger partial charge in [-0.3, -0.25) is 0 Å². The summed E-state index contributed by atoms with van der Waals surface area (Å²) in [7, 11) is 1.62. The van der Waals surface area contributed by atoms with Crippen LogP contribution in [0.2, 0.25) is 0 Å². The maximum atomic E-state index is 10.1. The average molecular weight is 342 g/mol. The van der Waals surface area contributed by atoms with Gasteiger partial charge in [0, 0.05) is 27.8 Å². The van der Waals surface area contributed by atoms with E-state index in [4.69, 9.17) is 4.74 Å². The second-order valence-corrected chi connectivity index (χ2v) is 6.07. The first-order chi connectivity index (χ1) is 9.19. The fourth-order valence-electron chi connectivity index (χ4n) is 1.75. The molecule has 3 nitrogen and oxygen atoms in total. The molecule has 0 saturated heterocycles. The number of benzene rings is 1. The van der Waals surface area contributed by atoms with Crippen molar-refractivity contribution in [2.45, 2.75) is 12.6 Å². The molecule has 102 valence electrons. The van der Waals surface area contributed by atoms with E-state index in [-0.39, 0.29) is 0 Å². The molecule has 2 rings (SSSR count). The maximum absolute atomic E-state index is 10.1. The van der Waals surface area contributed by atoms with Crippen LogP contribution in [0, 0.1) is 0 Å². The van der Waals surface area contributed by atoms with E-state index in [0.717, 1.165) is 22.3 Å². The first-order valence-electron chi connectivity index (χ1n) is 5.94. The second-order valence-electron chi connectivity index (χ2n) is 4.15. The Balaban J connectivity index is 1.85. The van der Waals surface area contributed by atoms with Crippen LogP contribution in [0.15, 0.2) is 40.2 Å². The largest absolute Gasteiger partial charge is 0.497 e. The predicted molar refractivity (Wildman–Crippen MR) is 81.7 cm³/mol. The summed E-state index contributed by atoms with van der Waals surface area (Å²) in [6.45, 7) is 1.28. The molecule has 1 aromatic carbocycles. The summed E-state index contributed by atoms with van der Waals surface area (Å²) in [6, 6.07) is 9.58. The molecule has 0 bridgehead atoms. The average Bonchev–Trinajstić information content (AvgIpc) is 2.84. The molecule has 1 unspecified atom stereocenters. The molecule has 0 aliphatic carbocycles. The third-order valence-electron chi connectivity index (χ3n) is 2.74. The molecule has 2 aromatic rings. The summed E-state index contributed by atoms with van der Waals surface area (Å²) in [5.41, 5.74) is 0.860. The van der Waals surface area contributed by atoms with Crippen LogP contribution < -0.4 is 10.1 Å². The SMILES string of the molecule is COc1cccc(C(O)CNCc2cc(Br)cs2)c1. The number of ether oxygens (including phenoxy) is 1. The van der Waals surface area contributed by atoms with Gasteiger partial charge >= 0.3 is 0 Å². The quantitative estimate of drug-likeness (QED) is 0.846. The molecule has 0 amide bonds. The van der Waals surface area contributed by atoms with E-state index >= 15 is 0 Å². The number of rotatable bonds is 6. The lowest BCUT2D eigenvalue weighted by molar-refractivity contribution is 0.174. The molecule has 0 saturated carbocycles. The topological polar surface area (TPSA) is 41.5 Å². The van der Waals surface area contributed by atoms with Crippen LogP contribution in [0.3, 0.4) is 0 Å². The normalized spacial score (nSPS) is 12.4. The first-order valence-corrected chi connectivity index (χ1v) is 7.62. The Morgan fingerprint density at radius 3 is 2.95 bits per heavy atom. The van der Waals surface area contributed by atoms with Crippen LogP contribution in [0.1, 0.15) is 16.5 Å². The van der Waals surface area contributed by atoms with Crippen LogP contribution in [0.25, 0.3) is 0 Å². The molecule has 5 heteroatoms. The molecule has 0 fully saturated rings. The third-order valence-corrected chi connectivity index (χ3v) is 4.43. The highest BCUT2D eigenvalue weighted by Crippen LogP contribution is 2.20. The summed E-state index contributed by atoms with van der Waals surface area (Å²) < 4.78 is 6.25. The molecule has 1 aromatic heterocycles. The molecule has 2 N–H and O–H groups in total. The first kappa shape index (κ1) is 14.5. The van der Waals surface area contributed by atoms with Crippen LogP contribution in [-0.4, -0.2) is 18.8 Å². The van der Waals surface area contributed by atoms with E-state index in [1.165, 1.54) is 4.88 Å². The Morgan fingerprint density at radius 2 is 2.26 bits per heavy atom. The number of hydrogen-bond donors (Lipinski definition) is 2. The Bertz CT molecular complexity index is 530. The minimum Gasteiger partial charge on any atom is -0.497 e. The van der Waals surface area contributed by atoms with Crippen molar-refractivity contribution in [1.82, 2.24) is 5.32 Å². The summed E-state index contributed by atoms with van der Waals surface area (Å²) >= 11 is 5.12. The fourth-order valence-corrected chi connectivity index (χ4v) is 3.17. The molecular formula is C14H16BrNO2S. The highest BCUT2D eigenvalue weighted by atomic mass is 79.9. The van der Waals surface area contributed by atoms with E-state index in [9.17, 15) is 5.11 Å². The van der Waals surface area contributed by atoms with E-state index in [2.05, 4.69) is 32.7 Å². The highest BCUT2D eigenvalue weighted by Gasteiger charge is 2.08. The van der Waals surface area contributed by atoms with Gasteiger partial charge < -0.3 is 15.2 Å². The lowest BCUT2D eigenvalue weighted by atomic mass is 10.1. The van der Waals surface area contributed by atoms with Gasteiger partial charge in [0.1, 0.15) is 5.75 Å². The van der Waals surface area contributed by atoms with Gasteiger partial charge in [0.2, 0.25) is 0 Å². The standard InChI is InChI=1S/C14H16BrNO2S/c1-18-12-4-2-3-10(5-12)14(17)8-16-7-13-6-11(15)9-19-13/h2-6,9,14,16-17H,7-8H2,1H3. The summed E-state index contributed by atoms with van der Waals surface area (Å²) in [6.07, 6.45) is -0.529. The van der Waals surface area contributed by atoms with Gasteiger partial charge in [-0.2, -0.15) is 0 Å². The zero-order chi connectivity index (χ0) is 13.7. The minimum atomic E-state index is -0.529. The van der Waals surface area contributed by atoms with Gasteiger partial charge in [0.05, 0.1) is 13.2 Å². The van der Waals surface area contributed by atoms with Crippen molar-refractivity contribution in [3.05, 3.63) is 50.6 Å². The Kier molecular flexibility index (Phi) is 5.39. The number of thiophene rings is 1. The number of nitrogens with one attached hydrogen (secondary N) is 1. The predicted octanol–water partition coefficient (Wildman–Crippen LogP) is 3.34. The maximum Gasteiger partial charge on any atom is 0.119 e. The number of halogens is 1. The number of methoxy groups -OCH3 is 1. The number of aliphatic hydroxyl groups is 1. The van der Waals surface area contributed by atoms with Gasteiger partial charge in [0.25, 0.3) is 0 Å². The Morgan fingerprint density at radius 1 is 1.42 bits per heavy atom. The van der Waals surface area contributed by atoms with Crippen LogP contribution in [-0.2, 0) is 6.54 Å². The Hall–Kier alpha value is -0.880. The molecule has 19 heavy (non-hydrogen) atoms. The number of hydrogen-bond acceptors (Lipinski definition) is 4. The lowest BCUT2D eigenvalue weighted by Gasteiger charge is -2.12. The van der Waals surface area contributed by atoms with Gasteiger partial charge in [-0.25, -0.2) is 0 Å². The van der Waals surface area contributed by atoms with E-state index in [0.29, 0.717) is 6.54 Å². The zero-order valence-electron chi connectivity index (χ0n) is 10.6. The molecule has 0 aliphatic heterocycles. The van der Waals surface area contributed by atoms with Crippen molar-refractivity contribution in [2.24, 2.45) is 0 Å². The van der Waals surface area contributed by atoms with Crippen molar-refractivity contribution < 1.29 is 9.84 Å². The van der Waals surface area contributed by atoms with Crippen molar-refractivity contribution in [2.75, 3.05) is 13.7 Å².